The Kier molecular flexibility index (Phi) is 3.65. The highest BCUT2D eigenvalue weighted by molar-refractivity contribution is 6.31. The predicted molar refractivity (Wildman–Crippen MR) is 75.5 cm³/mol. The van der Waals surface area contributed by atoms with Gasteiger partial charge in [0.15, 0.2) is 0 Å². The topological polar surface area (TPSA) is 43.0 Å². The minimum absolute atomic E-state index is 0.131. The molecule has 0 aliphatic carbocycles. The summed E-state index contributed by atoms with van der Waals surface area (Å²) in [5.74, 6) is 0.242. The van der Waals surface area contributed by atoms with E-state index in [0.717, 1.165) is 21.0 Å². The second-order valence-electron chi connectivity index (χ2n) is 4.63. The van der Waals surface area contributed by atoms with Crippen LogP contribution in [-0.2, 0) is 13.2 Å². The maximum Gasteiger partial charge on any atom is 0.319 e. The van der Waals surface area contributed by atoms with Crippen molar-refractivity contribution in [3.8, 4) is 0 Å². The third kappa shape index (κ3) is 2.52. The molecule has 3 rings (SSSR count). The van der Waals surface area contributed by atoms with Gasteiger partial charge in [-0.2, -0.15) is 8.78 Å². The van der Waals surface area contributed by atoms with Crippen LogP contribution in [0.4, 0.5) is 8.78 Å². The van der Waals surface area contributed by atoms with Crippen LogP contribution in [0.3, 0.4) is 0 Å². The summed E-state index contributed by atoms with van der Waals surface area (Å²) in [7, 11) is 0. The number of aliphatic hydroxyl groups is 1. The number of fused-ring (bicyclic) bond motifs is 1. The molecule has 2 heterocycles. The van der Waals surface area contributed by atoms with Crippen molar-refractivity contribution in [3.05, 3.63) is 53.2 Å². The van der Waals surface area contributed by atoms with Crippen molar-refractivity contribution in [1.29, 1.82) is 0 Å². The Morgan fingerprint density at radius 3 is 2.86 bits per heavy atom. The highest BCUT2D eigenvalue weighted by Crippen LogP contribution is 2.26. The molecule has 0 fully saturated rings. The van der Waals surface area contributed by atoms with Crippen molar-refractivity contribution >= 4 is 22.5 Å². The molecule has 0 radical (unpaired) electrons. The van der Waals surface area contributed by atoms with Gasteiger partial charge in [0.05, 0.1) is 18.7 Å². The number of imidazole rings is 1. The third-order valence-corrected chi connectivity index (χ3v) is 3.60. The highest BCUT2D eigenvalue weighted by atomic mass is 35.5. The van der Waals surface area contributed by atoms with Gasteiger partial charge in [-0.1, -0.05) is 17.7 Å². The van der Waals surface area contributed by atoms with Crippen molar-refractivity contribution in [2.45, 2.75) is 19.7 Å². The Hall–Kier alpha value is -1.92. The lowest BCUT2D eigenvalue weighted by Crippen LogP contribution is -2.08. The molecule has 0 saturated carbocycles. The molecule has 0 saturated heterocycles. The molecule has 0 bridgehead atoms. The van der Waals surface area contributed by atoms with Gasteiger partial charge in [0.2, 0.25) is 0 Å². The minimum Gasteiger partial charge on any atom is -0.392 e. The van der Waals surface area contributed by atoms with E-state index in [-0.39, 0.29) is 19.0 Å². The maximum absolute atomic E-state index is 12.9. The molecule has 0 aliphatic rings. The summed E-state index contributed by atoms with van der Waals surface area (Å²) in [6, 6.07) is 5.28. The number of hydrogen-bond acceptors (Lipinski definition) is 2. The lowest BCUT2D eigenvalue weighted by Gasteiger charge is -2.08. The first-order valence-electron chi connectivity index (χ1n) is 6.28. The summed E-state index contributed by atoms with van der Waals surface area (Å²) in [6.07, 6.45) is 4.31. The molecule has 0 atom stereocenters. The molecule has 1 aromatic carbocycles. The zero-order valence-electron chi connectivity index (χ0n) is 10.9. The van der Waals surface area contributed by atoms with Crippen LogP contribution in [-0.4, -0.2) is 19.2 Å². The normalized spacial score (nSPS) is 11.7. The molecule has 2 aromatic heterocycles. The van der Waals surface area contributed by atoms with Crippen molar-refractivity contribution in [3.63, 3.8) is 0 Å². The number of nitrogens with zero attached hydrogens (tertiary/aromatic N) is 3. The summed E-state index contributed by atoms with van der Waals surface area (Å²) < 4.78 is 28.3. The van der Waals surface area contributed by atoms with Gasteiger partial charge < -0.3 is 9.67 Å². The lowest BCUT2D eigenvalue weighted by molar-refractivity contribution is 0.0667. The first-order valence-corrected chi connectivity index (χ1v) is 6.66. The summed E-state index contributed by atoms with van der Waals surface area (Å²) in [5.41, 5.74) is 1.49. The van der Waals surface area contributed by atoms with Gasteiger partial charge in [0.25, 0.3) is 0 Å². The second-order valence-corrected chi connectivity index (χ2v) is 5.07. The summed E-state index contributed by atoms with van der Waals surface area (Å²) in [4.78, 5) is 3.96. The van der Waals surface area contributed by atoms with E-state index in [0.29, 0.717) is 5.02 Å². The molecule has 110 valence electrons. The van der Waals surface area contributed by atoms with Crippen LogP contribution in [0.1, 0.15) is 17.9 Å². The Morgan fingerprint density at radius 2 is 2.14 bits per heavy atom. The maximum atomic E-state index is 12.9. The Bertz CT molecular complexity index is 782. The van der Waals surface area contributed by atoms with Crippen molar-refractivity contribution in [2.75, 3.05) is 0 Å². The zero-order chi connectivity index (χ0) is 15.0. The van der Waals surface area contributed by atoms with E-state index in [9.17, 15) is 13.9 Å². The Labute approximate surface area is 124 Å². The van der Waals surface area contributed by atoms with Crippen LogP contribution in [0.5, 0.6) is 0 Å². The van der Waals surface area contributed by atoms with Crippen LogP contribution < -0.4 is 0 Å². The van der Waals surface area contributed by atoms with E-state index in [1.54, 1.807) is 29.0 Å². The van der Waals surface area contributed by atoms with Crippen LogP contribution in [0.15, 0.2) is 36.8 Å². The number of alkyl halides is 2. The van der Waals surface area contributed by atoms with E-state index in [1.807, 2.05) is 0 Å². The predicted octanol–water partition coefficient (Wildman–Crippen LogP) is 3.43. The van der Waals surface area contributed by atoms with E-state index in [2.05, 4.69) is 4.98 Å². The fraction of sp³-hybridized carbons (Fsp3) is 0.214. The molecule has 0 amide bonds. The molecular weight excluding hydrogens is 300 g/mol. The molecule has 1 N–H and O–H groups in total. The molecule has 7 heteroatoms. The number of benzene rings is 1. The fourth-order valence-electron chi connectivity index (χ4n) is 2.39. The van der Waals surface area contributed by atoms with Crippen molar-refractivity contribution in [2.24, 2.45) is 0 Å². The number of aromatic nitrogens is 3. The van der Waals surface area contributed by atoms with E-state index < -0.39 is 6.55 Å². The number of rotatable bonds is 4. The minimum atomic E-state index is -2.63. The standard InChI is InChI=1S/C14H12ClF2N3O/c15-10-1-2-11-9(8-21)6-19(12(11)5-10)7-13-18-3-4-20(13)14(16)17/h1-6,14,21H,7-8H2. The van der Waals surface area contributed by atoms with Gasteiger partial charge >= 0.3 is 6.55 Å². The molecule has 0 unspecified atom stereocenters. The van der Waals surface area contributed by atoms with Crippen LogP contribution in [0, 0.1) is 0 Å². The molecule has 0 aliphatic heterocycles. The monoisotopic (exact) mass is 311 g/mol. The molecule has 21 heavy (non-hydrogen) atoms. The van der Waals surface area contributed by atoms with Gasteiger partial charge in [-0.3, -0.25) is 4.57 Å². The Balaban J connectivity index is 2.08. The van der Waals surface area contributed by atoms with E-state index >= 15 is 0 Å². The fourth-order valence-corrected chi connectivity index (χ4v) is 2.56. The smallest absolute Gasteiger partial charge is 0.319 e. The highest BCUT2D eigenvalue weighted by Gasteiger charge is 2.14. The van der Waals surface area contributed by atoms with E-state index in [1.165, 1.54) is 12.4 Å². The first kappa shape index (κ1) is 14.0. The largest absolute Gasteiger partial charge is 0.392 e. The van der Waals surface area contributed by atoms with Gasteiger partial charge in [0.1, 0.15) is 5.82 Å². The second kappa shape index (κ2) is 5.46. The quantitative estimate of drug-likeness (QED) is 0.802. The van der Waals surface area contributed by atoms with E-state index in [4.69, 9.17) is 11.6 Å². The number of hydrogen-bond donors (Lipinski definition) is 1. The number of halogens is 3. The van der Waals surface area contributed by atoms with Crippen LogP contribution >= 0.6 is 11.6 Å². The molecule has 3 aromatic rings. The summed E-state index contributed by atoms with van der Waals surface area (Å²) in [6.45, 7) is -2.59. The third-order valence-electron chi connectivity index (χ3n) is 3.37. The van der Waals surface area contributed by atoms with Crippen molar-refractivity contribution < 1.29 is 13.9 Å². The SMILES string of the molecule is OCc1cn(Cc2nccn2C(F)F)c2cc(Cl)ccc12. The van der Waals surface area contributed by atoms with Crippen molar-refractivity contribution in [1.82, 2.24) is 14.1 Å². The number of aliphatic hydroxyl groups excluding tert-OH is 1. The van der Waals surface area contributed by atoms with Gasteiger partial charge in [-0.15, -0.1) is 0 Å². The van der Waals surface area contributed by atoms with Gasteiger partial charge in [-0.05, 0) is 12.1 Å². The first-order chi connectivity index (χ1) is 10.1. The van der Waals surface area contributed by atoms with Gasteiger partial charge in [-0.25, -0.2) is 4.98 Å². The summed E-state index contributed by atoms with van der Waals surface area (Å²) in [5, 5.41) is 10.8. The Morgan fingerprint density at radius 1 is 1.33 bits per heavy atom. The van der Waals surface area contributed by atoms with Crippen LogP contribution in [0.2, 0.25) is 5.02 Å². The average molecular weight is 312 g/mol. The summed E-state index contributed by atoms with van der Waals surface area (Å²) >= 11 is 5.99. The molecule has 0 spiro atoms. The van der Waals surface area contributed by atoms with Gasteiger partial charge in [0, 0.05) is 34.6 Å². The molecular formula is C14H12ClF2N3O. The molecule has 4 nitrogen and oxygen atoms in total. The zero-order valence-corrected chi connectivity index (χ0v) is 11.6. The lowest BCUT2D eigenvalue weighted by atomic mass is 10.2. The average Bonchev–Trinajstić information content (AvgIpc) is 3.04. The van der Waals surface area contributed by atoms with Crippen LogP contribution in [0.25, 0.3) is 10.9 Å².